The summed E-state index contributed by atoms with van der Waals surface area (Å²) in [6.07, 6.45) is 3.76. The molecule has 4 nitrogen and oxygen atoms in total. The summed E-state index contributed by atoms with van der Waals surface area (Å²) in [5.41, 5.74) is 2.19. The van der Waals surface area contributed by atoms with Crippen LogP contribution in [-0.2, 0) is 9.53 Å². The Hall–Kier alpha value is -1.55. The summed E-state index contributed by atoms with van der Waals surface area (Å²) in [7, 11) is 1.65. The van der Waals surface area contributed by atoms with Gasteiger partial charge >= 0.3 is 0 Å². The molecule has 25 heavy (non-hydrogen) atoms. The molecular formula is C21H33NO3. The lowest BCUT2D eigenvalue weighted by Gasteiger charge is -2.37. The van der Waals surface area contributed by atoms with Gasteiger partial charge in [-0.2, -0.15) is 0 Å². The Morgan fingerprint density at radius 3 is 2.48 bits per heavy atom. The summed E-state index contributed by atoms with van der Waals surface area (Å²) < 4.78 is 11.6. The number of ether oxygens (including phenoxy) is 2. The molecule has 0 aliphatic heterocycles. The molecule has 1 N–H and O–H groups in total. The molecule has 1 amide bonds. The van der Waals surface area contributed by atoms with E-state index in [1.165, 1.54) is 6.42 Å². The largest absolute Gasteiger partial charge is 0.493 e. The number of amides is 1. The number of carbonyl (C=O) groups excluding carboxylic acids is 1. The lowest BCUT2D eigenvalue weighted by Crippen LogP contribution is -2.47. The van der Waals surface area contributed by atoms with Gasteiger partial charge in [0.15, 0.2) is 0 Å². The fourth-order valence-corrected chi connectivity index (χ4v) is 3.73. The van der Waals surface area contributed by atoms with E-state index < -0.39 is 5.60 Å². The number of benzene rings is 1. The highest BCUT2D eigenvalue weighted by Gasteiger charge is 2.42. The zero-order valence-electron chi connectivity index (χ0n) is 16.6. The van der Waals surface area contributed by atoms with Gasteiger partial charge in [0, 0.05) is 12.8 Å². The van der Waals surface area contributed by atoms with Gasteiger partial charge in [-0.25, -0.2) is 0 Å². The Balaban J connectivity index is 2.15. The zero-order valence-corrected chi connectivity index (χ0v) is 16.6. The molecule has 0 bridgehead atoms. The standard InChI is InChI=1S/C21H33NO3/c1-14(2)13-25-19-16(4)10-18(11-17(19)5)22-20(23)21(24-6)9-7-8-15(3)12-21/h10-11,14-15H,7-9,12-13H2,1-6H3,(H,22,23)/t15-,21+/m0/s1. The molecule has 4 heteroatoms. The molecule has 0 unspecified atom stereocenters. The number of carbonyl (C=O) groups is 1. The van der Waals surface area contributed by atoms with Crippen molar-refractivity contribution in [1.82, 2.24) is 0 Å². The first kappa shape index (κ1) is 19.8. The Kier molecular flexibility index (Phi) is 6.50. The normalized spacial score (nSPS) is 23.6. The maximum Gasteiger partial charge on any atom is 0.256 e. The SMILES string of the molecule is CO[C@]1(C(=O)Nc2cc(C)c(OCC(C)C)c(C)c2)CCC[C@H](C)C1. The van der Waals surface area contributed by atoms with E-state index in [9.17, 15) is 4.79 Å². The fourth-order valence-electron chi connectivity index (χ4n) is 3.73. The second-order valence-electron chi connectivity index (χ2n) is 8.00. The van der Waals surface area contributed by atoms with Crippen LogP contribution in [0.1, 0.15) is 57.6 Å². The Bertz CT molecular complexity index is 588. The molecule has 140 valence electrons. The molecule has 0 spiro atoms. The van der Waals surface area contributed by atoms with Crippen LogP contribution >= 0.6 is 0 Å². The fraction of sp³-hybridized carbons (Fsp3) is 0.667. The molecule has 2 atom stereocenters. The summed E-state index contributed by atoms with van der Waals surface area (Å²) in [5, 5.41) is 3.08. The summed E-state index contributed by atoms with van der Waals surface area (Å²) in [6.45, 7) is 11.2. The second kappa shape index (κ2) is 8.22. The molecular weight excluding hydrogens is 314 g/mol. The molecule has 1 aromatic rings. The smallest absolute Gasteiger partial charge is 0.256 e. The van der Waals surface area contributed by atoms with Crippen molar-refractivity contribution in [3.8, 4) is 5.75 Å². The average Bonchev–Trinajstić information content (AvgIpc) is 2.53. The van der Waals surface area contributed by atoms with Crippen LogP contribution in [-0.4, -0.2) is 25.2 Å². The quantitative estimate of drug-likeness (QED) is 0.798. The predicted octanol–water partition coefficient (Wildman–Crippen LogP) is 4.87. The summed E-state index contributed by atoms with van der Waals surface area (Å²) >= 11 is 0. The van der Waals surface area contributed by atoms with Crippen molar-refractivity contribution in [1.29, 1.82) is 0 Å². The van der Waals surface area contributed by atoms with E-state index in [0.29, 0.717) is 18.4 Å². The van der Waals surface area contributed by atoms with E-state index in [-0.39, 0.29) is 5.91 Å². The number of nitrogens with one attached hydrogen (secondary N) is 1. The lowest BCUT2D eigenvalue weighted by molar-refractivity contribution is -0.143. The van der Waals surface area contributed by atoms with Crippen molar-refractivity contribution in [3.63, 3.8) is 0 Å². The van der Waals surface area contributed by atoms with Crippen molar-refractivity contribution in [2.45, 2.75) is 65.9 Å². The monoisotopic (exact) mass is 347 g/mol. The summed E-state index contributed by atoms with van der Waals surface area (Å²) in [5.74, 6) is 1.87. The van der Waals surface area contributed by atoms with Crippen LogP contribution in [0.15, 0.2) is 12.1 Å². The first-order chi connectivity index (χ1) is 11.8. The first-order valence-corrected chi connectivity index (χ1v) is 9.38. The van der Waals surface area contributed by atoms with Crippen LogP contribution in [0.4, 0.5) is 5.69 Å². The summed E-state index contributed by atoms with van der Waals surface area (Å²) in [6, 6.07) is 3.96. The molecule has 1 fully saturated rings. The van der Waals surface area contributed by atoms with Gasteiger partial charge in [-0.1, -0.05) is 27.2 Å². The molecule has 0 aromatic heterocycles. The van der Waals surface area contributed by atoms with Gasteiger partial charge in [-0.05, 0) is 68.2 Å². The van der Waals surface area contributed by atoms with Crippen molar-refractivity contribution in [2.24, 2.45) is 11.8 Å². The van der Waals surface area contributed by atoms with E-state index in [1.54, 1.807) is 7.11 Å². The lowest BCUT2D eigenvalue weighted by atomic mass is 9.78. The third kappa shape index (κ3) is 4.75. The molecule has 0 heterocycles. The van der Waals surface area contributed by atoms with Crippen molar-refractivity contribution < 1.29 is 14.3 Å². The number of anilines is 1. The highest BCUT2D eigenvalue weighted by molar-refractivity contribution is 5.97. The Morgan fingerprint density at radius 1 is 1.32 bits per heavy atom. The molecule has 2 rings (SSSR count). The predicted molar refractivity (Wildman–Crippen MR) is 102 cm³/mol. The minimum absolute atomic E-state index is 0.0313. The van der Waals surface area contributed by atoms with E-state index in [4.69, 9.17) is 9.47 Å². The molecule has 1 aliphatic rings. The Morgan fingerprint density at radius 2 is 1.96 bits per heavy atom. The maximum absolute atomic E-state index is 12.9. The minimum Gasteiger partial charge on any atom is -0.493 e. The number of hydrogen-bond acceptors (Lipinski definition) is 3. The molecule has 1 saturated carbocycles. The van der Waals surface area contributed by atoms with Crippen molar-refractivity contribution in [3.05, 3.63) is 23.3 Å². The molecule has 1 aromatic carbocycles. The second-order valence-corrected chi connectivity index (χ2v) is 8.00. The van der Waals surface area contributed by atoms with E-state index in [1.807, 2.05) is 26.0 Å². The first-order valence-electron chi connectivity index (χ1n) is 9.38. The van der Waals surface area contributed by atoms with Crippen LogP contribution < -0.4 is 10.1 Å². The van der Waals surface area contributed by atoms with Gasteiger partial charge in [-0.3, -0.25) is 4.79 Å². The van der Waals surface area contributed by atoms with Crippen LogP contribution in [0.2, 0.25) is 0 Å². The van der Waals surface area contributed by atoms with Crippen LogP contribution in [0.3, 0.4) is 0 Å². The van der Waals surface area contributed by atoms with Gasteiger partial charge in [0.1, 0.15) is 11.4 Å². The maximum atomic E-state index is 12.9. The van der Waals surface area contributed by atoms with E-state index >= 15 is 0 Å². The number of methoxy groups -OCH3 is 1. The topological polar surface area (TPSA) is 47.6 Å². The van der Waals surface area contributed by atoms with Crippen LogP contribution in [0.25, 0.3) is 0 Å². The van der Waals surface area contributed by atoms with Crippen LogP contribution in [0, 0.1) is 25.7 Å². The highest BCUT2D eigenvalue weighted by Crippen LogP contribution is 2.36. The van der Waals surface area contributed by atoms with Gasteiger partial charge in [-0.15, -0.1) is 0 Å². The molecule has 1 aliphatic carbocycles. The third-order valence-corrected chi connectivity index (χ3v) is 5.04. The van der Waals surface area contributed by atoms with Gasteiger partial charge in [0.05, 0.1) is 6.61 Å². The highest BCUT2D eigenvalue weighted by atomic mass is 16.5. The molecule has 0 radical (unpaired) electrons. The van der Waals surface area contributed by atoms with Crippen LogP contribution in [0.5, 0.6) is 5.75 Å². The zero-order chi connectivity index (χ0) is 18.6. The van der Waals surface area contributed by atoms with Gasteiger partial charge < -0.3 is 14.8 Å². The number of rotatable bonds is 6. The minimum atomic E-state index is -0.702. The van der Waals surface area contributed by atoms with Crippen molar-refractivity contribution in [2.75, 3.05) is 19.0 Å². The average molecular weight is 347 g/mol. The van der Waals surface area contributed by atoms with Gasteiger partial charge in [0.2, 0.25) is 0 Å². The third-order valence-electron chi connectivity index (χ3n) is 5.04. The number of hydrogen-bond donors (Lipinski definition) is 1. The van der Waals surface area contributed by atoms with Crippen molar-refractivity contribution >= 4 is 11.6 Å². The summed E-state index contributed by atoms with van der Waals surface area (Å²) in [4.78, 5) is 12.9. The van der Waals surface area contributed by atoms with Gasteiger partial charge in [0.25, 0.3) is 5.91 Å². The Labute approximate surface area is 152 Å². The molecule has 0 saturated heterocycles. The van der Waals surface area contributed by atoms with E-state index in [0.717, 1.165) is 41.8 Å². The van der Waals surface area contributed by atoms with E-state index in [2.05, 4.69) is 26.1 Å². The number of aryl methyl sites for hydroxylation is 2.